The van der Waals surface area contributed by atoms with Crippen LogP contribution in [0.25, 0.3) is 0 Å². The molecule has 11 heavy (non-hydrogen) atoms. The summed E-state index contributed by atoms with van der Waals surface area (Å²) in [6.07, 6.45) is 2.54. The van der Waals surface area contributed by atoms with Crippen LogP contribution in [-0.2, 0) is 6.42 Å². The molecular weight excluding hydrogens is 134 g/mol. The summed E-state index contributed by atoms with van der Waals surface area (Å²) in [4.78, 5) is 0. The molecule has 0 aliphatic carbocycles. The van der Waals surface area contributed by atoms with Gasteiger partial charge in [0.2, 0.25) is 0 Å². The van der Waals surface area contributed by atoms with E-state index >= 15 is 0 Å². The van der Waals surface area contributed by atoms with Crippen molar-refractivity contribution < 1.29 is 1.43 Å². The fourth-order valence-corrected chi connectivity index (χ4v) is 1.42. The summed E-state index contributed by atoms with van der Waals surface area (Å²) in [6.45, 7) is 1.21. The van der Waals surface area contributed by atoms with Crippen molar-refractivity contribution in [2.45, 2.75) is 18.9 Å². The largest absolute Gasteiger partial charge is 0.314 e. The zero-order valence-corrected chi connectivity index (χ0v) is 6.59. The standard InChI is InChI=1S/C10H13N.H2/c1-2-4-9(5-3-1)8-10-6-7-11-10;/h1-5,10-11H,6-8H2;1H/t10-;/m1./s1. The lowest BCUT2D eigenvalue weighted by molar-refractivity contribution is 0.369. The molecule has 1 nitrogen and oxygen atoms in total. The number of benzene rings is 1. The van der Waals surface area contributed by atoms with Crippen LogP contribution in [0.3, 0.4) is 0 Å². The summed E-state index contributed by atoms with van der Waals surface area (Å²) in [6, 6.07) is 11.4. The molecule has 0 unspecified atom stereocenters. The molecule has 1 N–H and O–H groups in total. The van der Waals surface area contributed by atoms with Gasteiger partial charge in [0.05, 0.1) is 0 Å². The lowest BCUT2D eigenvalue weighted by Gasteiger charge is -2.27. The SMILES string of the molecule is [HH].c1ccc(C[C@H]2CCN2)cc1. The summed E-state index contributed by atoms with van der Waals surface area (Å²) in [7, 11) is 0. The minimum absolute atomic E-state index is 0. The average Bonchev–Trinajstić information content (AvgIpc) is 1.99. The predicted octanol–water partition coefficient (Wildman–Crippen LogP) is 1.84. The molecule has 60 valence electrons. The van der Waals surface area contributed by atoms with Crippen LogP contribution in [0.2, 0.25) is 0 Å². The minimum atomic E-state index is 0. The van der Waals surface area contributed by atoms with Crippen molar-refractivity contribution >= 4 is 0 Å². The average molecular weight is 149 g/mol. The van der Waals surface area contributed by atoms with Crippen molar-refractivity contribution in [2.24, 2.45) is 0 Å². The molecule has 1 heterocycles. The molecule has 0 radical (unpaired) electrons. The maximum Gasteiger partial charge on any atom is 0.0120 e. The normalized spacial score (nSPS) is 22.7. The van der Waals surface area contributed by atoms with E-state index in [1.807, 2.05) is 0 Å². The summed E-state index contributed by atoms with van der Waals surface area (Å²) < 4.78 is 0. The van der Waals surface area contributed by atoms with Crippen molar-refractivity contribution in [3.05, 3.63) is 35.9 Å². The van der Waals surface area contributed by atoms with Gasteiger partial charge in [-0.1, -0.05) is 30.3 Å². The topological polar surface area (TPSA) is 12.0 Å². The highest BCUT2D eigenvalue weighted by Gasteiger charge is 2.15. The van der Waals surface area contributed by atoms with E-state index in [4.69, 9.17) is 0 Å². The zero-order valence-electron chi connectivity index (χ0n) is 6.59. The molecule has 1 aliphatic rings. The van der Waals surface area contributed by atoms with Gasteiger partial charge in [-0.25, -0.2) is 0 Å². The smallest absolute Gasteiger partial charge is 0.0120 e. The predicted molar refractivity (Wildman–Crippen MR) is 48.7 cm³/mol. The molecule has 1 fully saturated rings. The van der Waals surface area contributed by atoms with Crippen molar-refractivity contribution in [1.82, 2.24) is 5.32 Å². The van der Waals surface area contributed by atoms with E-state index in [2.05, 4.69) is 35.6 Å². The van der Waals surface area contributed by atoms with Crippen LogP contribution in [0, 0.1) is 0 Å². The van der Waals surface area contributed by atoms with Gasteiger partial charge < -0.3 is 5.32 Å². The first-order valence-electron chi connectivity index (χ1n) is 4.22. The second kappa shape index (κ2) is 3.05. The lowest BCUT2D eigenvalue weighted by Crippen LogP contribution is -2.44. The highest BCUT2D eigenvalue weighted by Crippen LogP contribution is 2.09. The molecule has 0 aromatic heterocycles. The van der Waals surface area contributed by atoms with Crippen molar-refractivity contribution in [3.63, 3.8) is 0 Å². The molecule has 0 bridgehead atoms. The van der Waals surface area contributed by atoms with Gasteiger partial charge in [-0.15, -0.1) is 0 Å². The van der Waals surface area contributed by atoms with E-state index in [0.29, 0.717) is 0 Å². The van der Waals surface area contributed by atoms with Gasteiger partial charge >= 0.3 is 0 Å². The first kappa shape index (κ1) is 6.86. The summed E-state index contributed by atoms with van der Waals surface area (Å²) in [5.41, 5.74) is 1.45. The Labute approximate surface area is 68.9 Å². The molecule has 1 atom stereocenters. The van der Waals surface area contributed by atoms with Gasteiger partial charge in [0.1, 0.15) is 0 Å². The Morgan fingerprint density at radius 1 is 1.36 bits per heavy atom. The Morgan fingerprint density at radius 2 is 2.09 bits per heavy atom. The van der Waals surface area contributed by atoms with Gasteiger partial charge in [0.15, 0.2) is 0 Å². The molecule has 1 aliphatic heterocycles. The summed E-state index contributed by atoms with van der Waals surface area (Å²) in [5.74, 6) is 0. The highest BCUT2D eigenvalue weighted by molar-refractivity contribution is 5.16. The van der Waals surface area contributed by atoms with E-state index < -0.39 is 0 Å². The van der Waals surface area contributed by atoms with Crippen LogP contribution >= 0.6 is 0 Å². The molecule has 1 heteroatoms. The Bertz CT molecular complexity index is 219. The molecular formula is C10H15N. The van der Waals surface area contributed by atoms with Crippen LogP contribution < -0.4 is 5.32 Å². The van der Waals surface area contributed by atoms with Gasteiger partial charge in [-0.2, -0.15) is 0 Å². The van der Waals surface area contributed by atoms with Gasteiger partial charge in [0.25, 0.3) is 0 Å². The van der Waals surface area contributed by atoms with E-state index in [-0.39, 0.29) is 1.43 Å². The Morgan fingerprint density at radius 3 is 2.64 bits per heavy atom. The summed E-state index contributed by atoms with van der Waals surface area (Å²) in [5, 5.41) is 3.39. The second-order valence-electron chi connectivity index (χ2n) is 3.13. The zero-order chi connectivity index (χ0) is 7.52. The van der Waals surface area contributed by atoms with Gasteiger partial charge in [-0.3, -0.25) is 0 Å². The molecule has 0 saturated carbocycles. The van der Waals surface area contributed by atoms with Gasteiger partial charge in [0, 0.05) is 7.47 Å². The monoisotopic (exact) mass is 149 g/mol. The molecule has 1 saturated heterocycles. The van der Waals surface area contributed by atoms with E-state index in [0.717, 1.165) is 6.04 Å². The van der Waals surface area contributed by atoms with Crippen molar-refractivity contribution in [3.8, 4) is 0 Å². The number of nitrogens with one attached hydrogen (secondary N) is 1. The molecule has 1 aromatic carbocycles. The first-order valence-corrected chi connectivity index (χ1v) is 4.22. The number of hydrogen-bond donors (Lipinski definition) is 1. The maximum atomic E-state index is 3.39. The third kappa shape index (κ3) is 1.60. The third-order valence-corrected chi connectivity index (χ3v) is 2.25. The number of hydrogen-bond acceptors (Lipinski definition) is 1. The van der Waals surface area contributed by atoms with Gasteiger partial charge in [-0.05, 0) is 24.9 Å². The van der Waals surface area contributed by atoms with Crippen LogP contribution in [0.4, 0.5) is 0 Å². The number of rotatable bonds is 2. The molecule has 0 amide bonds. The van der Waals surface area contributed by atoms with Crippen LogP contribution in [0.15, 0.2) is 30.3 Å². The summed E-state index contributed by atoms with van der Waals surface area (Å²) >= 11 is 0. The Balaban J connectivity index is 0.000000720. The van der Waals surface area contributed by atoms with E-state index in [9.17, 15) is 0 Å². The highest BCUT2D eigenvalue weighted by atomic mass is 15.0. The Hall–Kier alpha value is -0.820. The lowest BCUT2D eigenvalue weighted by atomic mass is 9.98. The first-order chi connectivity index (χ1) is 5.45. The van der Waals surface area contributed by atoms with Crippen molar-refractivity contribution in [2.75, 3.05) is 6.54 Å². The maximum absolute atomic E-state index is 3.39. The second-order valence-corrected chi connectivity index (χ2v) is 3.13. The molecule has 1 aromatic rings. The van der Waals surface area contributed by atoms with E-state index in [1.165, 1.54) is 24.9 Å². The van der Waals surface area contributed by atoms with Crippen molar-refractivity contribution in [1.29, 1.82) is 0 Å². The Kier molecular flexibility index (Phi) is 1.91. The van der Waals surface area contributed by atoms with E-state index in [1.54, 1.807) is 0 Å². The molecule has 2 rings (SSSR count). The third-order valence-electron chi connectivity index (χ3n) is 2.25. The fraction of sp³-hybridized carbons (Fsp3) is 0.400. The minimum Gasteiger partial charge on any atom is -0.314 e. The molecule has 0 spiro atoms. The quantitative estimate of drug-likeness (QED) is 0.676. The fourth-order valence-electron chi connectivity index (χ4n) is 1.42. The van der Waals surface area contributed by atoms with Crippen LogP contribution in [0.1, 0.15) is 13.4 Å². The van der Waals surface area contributed by atoms with Crippen LogP contribution in [0.5, 0.6) is 0 Å². The van der Waals surface area contributed by atoms with Crippen LogP contribution in [-0.4, -0.2) is 12.6 Å².